The molecule has 3 amide bonds. The summed E-state index contributed by atoms with van der Waals surface area (Å²) < 4.78 is 0. The van der Waals surface area contributed by atoms with Crippen molar-refractivity contribution in [3.8, 4) is 0 Å². The second kappa shape index (κ2) is 5.62. The van der Waals surface area contributed by atoms with E-state index in [4.69, 9.17) is 0 Å². The Morgan fingerprint density at radius 2 is 2.05 bits per heavy atom. The number of aromatic amines is 1. The number of hydrogen-bond acceptors (Lipinski definition) is 3. The number of hydrogen-bond donors (Lipinski definition) is 2. The van der Waals surface area contributed by atoms with Crippen LogP contribution in [0.3, 0.4) is 0 Å². The molecule has 2 aliphatic rings. The number of carbonyl (C=O) groups excluding carboxylic acids is 2. The average molecular weight is 305 g/mol. The first kappa shape index (κ1) is 14.9. The Labute approximate surface area is 130 Å². The van der Waals surface area contributed by atoms with Crippen LogP contribution in [0.1, 0.15) is 36.2 Å². The molecule has 0 atom stereocenters. The van der Waals surface area contributed by atoms with Gasteiger partial charge in [-0.15, -0.1) is 0 Å². The number of likely N-dealkylation sites (tertiary alicyclic amines) is 1. The van der Waals surface area contributed by atoms with Gasteiger partial charge in [0.05, 0.1) is 0 Å². The van der Waals surface area contributed by atoms with Gasteiger partial charge in [0.1, 0.15) is 5.69 Å². The molecule has 1 aliphatic carbocycles. The molecule has 2 N–H and O–H groups in total. The van der Waals surface area contributed by atoms with Crippen molar-refractivity contribution < 1.29 is 9.59 Å². The van der Waals surface area contributed by atoms with E-state index in [-0.39, 0.29) is 18.0 Å². The highest BCUT2D eigenvalue weighted by Gasteiger charge is 2.47. The predicted molar refractivity (Wildman–Crippen MR) is 81.4 cm³/mol. The Kier molecular flexibility index (Phi) is 3.80. The van der Waals surface area contributed by atoms with E-state index in [1.807, 2.05) is 4.90 Å². The van der Waals surface area contributed by atoms with Crippen molar-refractivity contribution >= 4 is 11.9 Å². The molecule has 0 radical (unpaired) electrons. The lowest BCUT2D eigenvalue weighted by Gasteiger charge is -2.52. The molecule has 1 aromatic rings. The number of carbonyl (C=O) groups is 2. The van der Waals surface area contributed by atoms with Gasteiger partial charge >= 0.3 is 6.03 Å². The second-order valence-electron chi connectivity index (χ2n) is 6.71. The third-order valence-corrected chi connectivity index (χ3v) is 4.94. The van der Waals surface area contributed by atoms with Crippen LogP contribution < -0.4 is 5.32 Å². The Morgan fingerprint density at radius 3 is 2.59 bits per heavy atom. The molecule has 7 heteroatoms. The number of nitrogens with zero attached hydrogens (tertiary/aromatic N) is 3. The van der Waals surface area contributed by atoms with Crippen LogP contribution in [0.5, 0.6) is 0 Å². The molecule has 7 nitrogen and oxygen atoms in total. The van der Waals surface area contributed by atoms with Crippen molar-refractivity contribution in [1.29, 1.82) is 0 Å². The predicted octanol–water partition coefficient (Wildman–Crippen LogP) is 1.07. The molecule has 1 saturated carbocycles. The van der Waals surface area contributed by atoms with Crippen LogP contribution in [0.4, 0.5) is 4.79 Å². The first-order valence-corrected chi connectivity index (χ1v) is 7.76. The molecule has 1 aromatic heterocycles. The highest BCUT2D eigenvalue weighted by molar-refractivity contribution is 5.92. The van der Waals surface area contributed by atoms with Gasteiger partial charge in [0.15, 0.2) is 0 Å². The normalized spacial score (nSPS) is 20.5. The van der Waals surface area contributed by atoms with Gasteiger partial charge in [-0.3, -0.25) is 9.89 Å². The minimum absolute atomic E-state index is 0.0216. The van der Waals surface area contributed by atoms with Gasteiger partial charge in [-0.05, 0) is 37.2 Å². The number of nitrogens with one attached hydrogen (secondary N) is 2. The van der Waals surface area contributed by atoms with Gasteiger partial charge < -0.3 is 15.1 Å². The lowest BCUT2D eigenvalue weighted by molar-refractivity contribution is 0.00992. The maximum absolute atomic E-state index is 12.3. The Morgan fingerprint density at radius 1 is 1.36 bits per heavy atom. The zero-order chi connectivity index (χ0) is 15.7. The molecule has 0 bridgehead atoms. The number of rotatable bonds is 2. The van der Waals surface area contributed by atoms with Crippen molar-refractivity contribution in [2.24, 2.45) is 5.41 Å². The molecule has 3 rings (SSSR count). The van der Waals surface area contributed by atoms with Gasteiger partial charge in [-0.25, -0.2) is 4.79 Å². The average Bonchev–Trinajstić information content (AvgIpc) is 2.99. The largest absolute Gasteiger partial charge is 0.337 e. The van der Waals surface area contributed by atoms with Crippen molar-refractivity contribution in [3.05, 3.63) is 18.0 Å². The fourth-order valence-corrected chi connectivity index (χ4v) is 3.53. The monoisotopic (exact) mass is 305 g/mol. The summed E-state index contributed by atoms with van der Waals surface area (Å²) >= 11 is 0. The van der Waals surface area contributed by atoms with Gasteiger partial charge in [-0.2, -0.15) is 5.10 Å². The van der Waals surface area contributed by atoms with E-state index < -0.39 is 0 Å². The molecule has 2 heterocycles. The minimum Gasteiger partial charge on any atom is -0.337 e. The number of piperidine rings is 1. The molecule has 22 heavy (non-hydrogen) atoms. The number of H-pyrrole nitrogens is 1. The van der Waals surface area contributed by atoms with Crippen LogP contribution >= 0.6 is 0 Å². The van der Waals surface area contributed by atoms with Gasteiger partial charge in [0.2, 0.25) is 0 Å². The van der Waals surface area contributed by atoms with Gasteiger partial charge in [-0.1, -0.05) is 0 Å². The van der Waals surface area contributed by atoms with Crippen LogP contribution in [-0.4, -0.2) is 65.2 Å². The molecule has 1 aliphatic heterocycles. The molecule has 1 spiro atoms. The Bertz CT molecular complexity index is 538. The fraction of sp³-hybridized carbons (Fsp3) is 0.667. The van der Waals surface area contributed by atoms with E-state index in [0.29, 0.717) is 11.1 Å². The molecule has 0 unspecified atom stereocenters. The summed E-state index contributed by atoms with van der Waals surface area (Å²) in [6.07, 6.45) is 5.68. The van der Waals surface area contributed by atoms with Gasteiger partial charge in [0, 0.05) is 39.4 Å². The van der Waals surface area contributed by atoms with Crippen molar-refractivity contribution in [2.45, 2.75) is 31.7 Å². The summed E-state index contributed by atoms with van der Waals surface area (Å²) in [5, 5.41) is 9.59. The van der Waals surface area contributed by atoms with Crippen molar-refractivity contribution in [1.82, 2.24) is 25.3 Å². The van der Waals surface area contributed by atoms with Crippen LogP contribution in [0.15, 0.2) is 12.3 Å². The summed E-state index contributed by atoms with van der Waals surface area (Å²) in [4.78, 5) is 27.4. The number of urea groups is 1. The summed E-state index contributed by atoms with van der Waals surface area (Å²) in [6, 6.07) is 1.97. The molecule has 2 fully saturated rings. The maximum atomic E-state index is 12.3. The van der Waals surface area contributed by atoms with Crippen molar-refractivity contribution in [3.63, 3.8) is 0 Å². The molecule has 120 valence electrons. The van der Waals surface area contributed by atoms with Crippen molar-refractivity contribution in [2.75, 3.05) is 27.2 Å². The van der Waals surface area contributed by atoms with Crippen LogP contribution in [0, 0.1) is 5.41 Å². The van der Waals surface area contributed by atoms with Crippen LogP contribution in [0.2, 0.25) is 0 Å². The highest BCUT2D eigenvalue weighted by atomic mass is 16.2. The molecule has 0 aromatic carbocycles. The Balaban J connectivity index is 1.47. The van der Waals surface area contributed by atoms with Crippen LogP contribution in [-0.2, 0) is 0 Å². The number of aromatic nitrogens is 2. The minimum atomic E-state index is -0.0216. The molecular formula is C15H23N5O2. The third-order valence-electron chi connectivity index (χ3n) is 4.94. The third kappa shape index (κ3) is 2.80. The fourth-order valence-electron chi connectivity index (χ4n) is 3.53. The highest BCUT2D eigenvalue weighted by Crippen LogP contribution is 2.49. The topological polar surface area (TPSA) is 81.3 Å². The lowest BCUT2D eigenvalue weighted by Crippen LogP contribution is -2.56. The standard InChI is InChI=1S/C15H23N5O2/c1-19(2)14(22)17-11-9-15(10-11)4-7-20(8-5-15)13(21)12-3-6-16-18-12/h3,6,11H,4-5,7-10H2,1-2H3,(H,16,18)(H,17,22). The maximum Gasteiger partial charge on any atom is 0.317 e. The zero-order valence-electron chi connectivity index (χ0n) is 13.1. The first-order chi connectivity index (χ1) is 10.5. The van der Waals surface area contributed by atoms with E-state index >= 15 is 0 Å². The summed E-state index contributed by atoms with van der Waals surface area (Å²) in [5.41, 5.74) is 0.871. The quantitative estimate of drug-likeness (QED) is 0.857. The summed E-state index contributed by atoms with van der Waals surface area (Å²) in [5.74, 6) is 0.0316. The molecular weight excluding hydrogens is 282 g/mol. The Hall–Kier alpha value is -2.05. The zero-order valence-corrected chi connectivity index (χ0v) is 13.1. The van der Waals surface area contributed by atoms with Gasteiger partial charge in [0.25, 0.3) is 5.91 Å². The van der Waals surface area contributed by atoms with E-state index in [1.54, 1.807) is 31.3 Å². The second-order valence-corrected chi connectivity index (χ2v) is 6.71. The SMILES string of the molecule is CN(C)C(=O)NC1CC2(CCN(C(=O)c3ccn[nH]3)CC2)C1. The summed E-state index contributed by atoms with van der Waals surface area (Å²) in [7, 11) is 3.51. The smallest absolute Gasteiger partial charge is 0.317 e. The van der Waals surface area contributed by atoms with E-state index in [0.717, 1.165) is 38.8 Å². The van der Waals surface area contributed by atoms with E-state index in [1.165, 1.54) is 0 Å². The molecule has 1 saturated heterocycles. The number of amides is 3. The van der Waals surface area contributed by atoms with E-state index in [9.17, 15) is 9.59 Å². The first-order valence-electron chi connectivity index (χ1n) is 7.76. The summed E-state index contributed by atoms with van der Waals surface area (Å²) in [6.45, 7) is 1.57. The van der Waals surface area contributed by atoms with Crippen LogP contribution in [0.25, 0.3) is 0 Å². The lowest BCUT2D eigenvalue weighted by atomic mass is 9.60. The van der Waals surface area contributed by atoms with E-state index in [2.05, 4.69) is 15.5 Å².